The van der Waals surface area contributed by atoms with Crippen molar-refractivity contribution in [3.63, 3.8) is 0 Å². The highest BCUT2D eigenvalue weighted by molar-refractivity contribution is 5.76. The predicted octanol–water partition coefficient (Wildman–Crippen LogP) is 2.68. The molecule has 1 aromatic carbocycles. The molecule has 3 rings (SSSR count). The van der Waals surface area contributed by atoms with E-state index in [1.54, 1.807) is 0 Å². The molecule has 0 amide bonds. The third-order valence-corrected chi connectivity index (χ3v) is 4.60. The van der Waals surface area contributed by atoms with Gasteiger partial charge in [-0.2, -0.15) is 0 Å². The van der Waals surface area contributed by atoms with E-state index in [-0.39, 0.29) is 35.0 Å². The number of anilines is 2. The summed E-state index contributed by atoms with van der Waals surface area (Å²) in [6.45, 7) is 2.21. The van der Waals surface area contributed by atoms with Gasteiger partial charge in [0.1, 0.15) is 11.4 Å². The molecule has 2 aliphatic heterocycles. The predicted molar refractivity (Wildman–Crippen MR) is 94.7 cm³/mol. The maximum absolute atomic E-state index is 11.3. The highest BCUT2D eigenvalue weighted by Gasteiger charge is 2.26. The fourth-order valence-corrected chi connectivity index (χ4v) is 3.22. The molecule has 10 nitrogen and oxygen atoms in total. The monoisotopic (exact) mass is 366 g/mol. The largest absolute Gasteiger partial charge is 0.377 e. The number of hydrogen-bond donors (Lipinski definition) is 2. The summed E-state index contributed by atoms with van der Waals surface area (Å²) in [5, 5.41) is 28.7. The molecule has 2 saturated heterocycles. The topological polar surface area (TPSA) is 129 Å². The van der Waals surface area contributed by atoms with E-state index in [9.17, 15) is 20.2 Å². The maximum Gasteiger partial charge on any atom is 0.299 e. The number of nitro benzene ring substituents is 2. The summed E-state index contributed by atoms with van der Waals surface area (Å²) in [6.07, 6.45) is 3.68. The molecule has 26 heavy (non-hydrogen) atoms. The first-order valence-corrected chi connectivity index (χ1v) is 8.72. The van der Waals surface area contributed by atoms with Gasteiger partial charge in [0.2, 0.25) is 0 Å². The molecule has 0 unspecified atom stereocenters. The molecule has 2 N–H and O–H groups in total. The van der Waals surface area contributed by atoms with E-state index in [0.717, 1.165) is 31.7 Å². The van der Waals surface area contributed by atoms with Crippen LogP contribution >= 0.6 is 0 Å². The third kappa shape index (κ3) is 4.38. The van der Waals surface area contributed by atoms with Crippen LogP contribution in [0.1, 0.15) is 25.7 Å². The first-order valence-electron chi connectivity index (χ1n) is 8.72. The summed E-state index contributed by atoms with van der Waals surface area (Å²) in [6, 6.07) is 2.43. The number of hydrogen-bond acceptors (Lipinski definition) is 8. The number of nitrogens with one attached hydrogen (secondary N) is 2. The Hall–Kier alpha value is -2.46. The van der Waals surface area contributed by atoms with Crippen LogP contribution in [0.25, 0.3) is 0 Å². The van der Waals surface area contributed by atoms with Gasteiger partial charge in [0, 0.05) is 26.3 Å². The molecular weight excluding hydrogens is 344 g/mol. The first-order chi connectivity index (χ1) is 12.5. The van der Waals surface area contributed by atoms with Crippen molar-refractivity contribution in [1.82, 2.24) is 0 Å². The van der Waals surface area contributed by atoms with E-state index in [1.807, 2.05) is 0 Å². The SMILES string of the molecule is O=[N+]([O-])c1cc([N+](=O)[O-])c(NC[C@@H]2CCCO2)cc1NC[C@@H]1CCCO1. The van der Waals surface area contributed by atoms with Crippen LogP contribution in [0.2, 0.25) is 0 Å². The molecule has 0 radical (unpaired) electrons. The van der Waals surface area contributed by atoms with Crippen molar-refractivity contribution >= 4 is 22.7 Å². The standard InChI is InChI=1S/C16H22N4O6/c21-19(22)15-8-16(20(23)24)14(18-10-12-4-2-6-26-12)7-13(15)17-9-11-3-1-5-25-11/h7-8,11-12,17-18H,1-6,9-10H2/t11-,12-/m0/s1. The molecular formula is C16H22N4O6. The highest BCUT2D eigenvalue weighted by atomic mass is 16.6. The number of benzene rings is 1. The smallest absolute Gasteiger partial charge is 0.299 e. The summed E-state index contributed by atoms with van der Waals surface area (Å²) < 4.78 is 11.0. The number of ether oxygens (including phenoxy) is 2. The fourth-order valence-electron chi connectivity index (χ4n) is 3.22. The summed E-state index contributed by atoms with van der Waals surface area (Å²) >= 11 is 0. The summed E-state index contributed by atoms with van der Waals surface area (Å²) in [4.78, 5) is 21.5. The zero-order valence-corrected chi connectivity index (χ0v) is 14.3. The Morgan fingerprint density at radius 2 is 1.35 bits per heavy atom. The van der Waals surface area contributed by atoms with Crippen LogP contribution in [0.5, 0.6) is 0 Å². The van der Waals surface area contributed by atoms with Crippen molar-refractivity contribution in [2.45, 2.75) is 37.9 Å². The maximum atomic E-state index is 11.3. The van der Waals surface area contributed by atoms with Gasteiger partial charge in [-0.1, -0.05) is 0 Å². The van der Waals surface area contributed by atoms with Crippen molar-refractivity contribution in [1.29, 1.82) is 0 Å². The second-order valence-corrected chi connectivity index (χ2v) is 6.43. The van der Waals surface area contributed by atoms with Gasteiger partial charge >= 0.3 is 0 Å². The zero-order chi connectivity index (χ0) is 18.5. The average Bonchev–Trinajstić information content (AvgIpc) is 3.31. The van der Waals surface area contributed by atoms with E-state index >= 15 is 0 Å². The van der Waals surface area contributed by atoms with E-state index in [0.29, 0.717) is 26.3 Å². The lowest BCUT2D eigenvalue weighted by Gasteiger charge is -2.15. The van der Waals surface area contributed by atoms with Crippen LogP contribution < -0.4 is 10.6 Å². The van der Waals surface area contributed by atoms with Gasteiger partial charge in [-0.25, -0.2) is 0 Å². The zero-order valence-electron chi connectivity index (χ0n) is 14.3. The molecule has 142 valence electrons. The Balaban J connectivity index is 1.80. The normalized spacial score (nSPS) is 22.3. The van der Waals surface area contributed by atoms with Crippen LogP contribution in [0.3, 0.4) is 0 Å². The lowest BCUT2D eigenvalue weighted by Crippen LogP contribution is -2.20. The summed E-state index contributed by atoms with van der Waals surface area (Å²) in [5.41, 5.74) is -0.161. The second-order valence-electron chi connectivity index (χ2n) is 6.43. The van der Waals surface area contributed by atoms with Gasteiger partial charge < -0.3 is 20.1 Å². The van der Waals surface area contributed by atoms with Crippen molar-refractivity contribution in [3.8, 4) is 0 Å². The Morgan fingerprint density at radius 3 is 1.69 bits per heavy atom. The van der Waals surface area contributed by atoms with Crippen molar-refractivity contribution in [2.75, 3.05) is 36.9 Å². The van der Waals surface area contributed by atoms with Crippen molar-refractivity contribution < 1.29 is 19.3 Å². The number of nitro groups is 2. The molecule has 0 spiro atoms. The quantitative estimate of drug-likeness (QED) is 0.531. The van der Waals surface area contributed by atoms with Gasteiger partial charge in [0.25, 0.3) is 11.4 Å². The Bertz CT molecular complexity index is 618. The van der Waals surface area contributed by atoms with Gasteiger partial charge in [-0.15, -0.1) is 0 Å². The van der Waals surface area contributed by atoms with Crippen LogP contribution in [-0.2, 0) is 9.47 Å². The van der Waals surface area contributed by atoms with E-state index < -0.39 is 9.85 Å². The second kappa shape index (κ2) is 8.28. The Morgan fingerprint density at radius 1 is 0.885 bits per heavy atom. The minimum atomic E-state index is -0.616. The highest BCUT2D eigenvalue weighted by Crippen LogP contribution is 2.36. The first kappa shape index (κ1) is 18.3. The molecule has 2 fully saturated rings. The minimum Gasteiger partial charge on any atom is -0.377 e. The molecule has 0 saturated carbocycles. The summed E-state index contributed by atoms with van der Waals surface area (Å²) in [5.74, 6) is 0. The molecule has 0 aliphatic carbocycles. The van der Waals surface area contributed by atoms with Crippen molar-refractivity contribution in [2.24, 2.45) is 0 Å². The fraction of sp³-hybridized carbons (Fsp3) is 0.625. The Kier molecular flexibility index (Phi) is 5.84. The molecule has 0 bridgehead atoms. The van der Waals surface area contributed by atoms with Gasteiger partial charge in [0.15, 0.2) is 0 Å². The Labute approximate surface area is 150 Å². The summed E-state index contributed by atoms with van der Waals surface area (Å²) in [7, 11) is 0. The molecule has 2 aliphatic rings. The van der Waals surface area contributed by atoms with Gasteiger partial charge in [-0.05, 0) is 31.7 Å². The molecule has 2 heterocycles. The van der Waals surface area contributed by atoms with E-state index in [1.165, 1.54) is 6.07 Å². The van der Waals surface area contributed by atoms with Crippen molar-refractivity contribution in [3.05, 3.63) is 32.4 Å². The molecule has 0 aromatic heterocycles. The minimum absolute atomic E-state index is 0.00639. The molecule has 10 heteroatoms. The number of rotatable bonds is 8. The van der Waals surface area contributed by atoms with Gasteiger partial charge in [0.05, 0.1) is 28.1 Å². The number of nitrogens with zero attached hydrogens (tertiary/aromatic N) is 2. The van der Waals surface area contributed by atoms with Crippen LogP contribution in [0.4, 0.5) is 22.7 Å². The molecule has 2 atom stereocenters. The van der Waals surface area contributed by atoms with Gasteiger partial charge in [-0.3, -0.25) is 20.2 Å². The van der Waals surface area contributed by atoms with Crippen LogP contribution in [0, 0.1) is 20.2 Å². The van der Waals surface area contributed by atoms with Crippen LogP contribution in [0.15, 0.2) is 12.1 Å². The lowest BCUT2D eigenvalue weighted by molar-refractivity contribution is -0.393. The average molecular weight is 366 g/mol. The van der Waals surface area contributed by atoms with E-state index in [2.05, 4.69) is 10.6 Å². The van der Waals surface area contributed by atoms with E-state index in [4.69, 9.17) is 9.47 Å². The molecule has 1 aromatic rings. The van der Waals surface area contributed by atoms with Crippen LogP contribution in [-0.4, -0.2) is 48.4 Å². The third-order valence-electron chi connectivity index (χ3n) is 4.60. The lowest BCUT2D eigenvalue weighted by atomic mass is 10.1.